The van der Waals surface area contributed by atoms with E-state index in [1.165, 1.54) is 33.3 Å². The van der Waals surface area contributed by atoms with Crippen molar-refractivity contribution in [1.29, 1.82) is 0 Å². The summed E-state index contributed by atoms with van der Waals surface area (Å²) in [5.41, 5.74) is -0.0624. The number of benzene rings is 2. The van der Waals surface area contributed by atoms with Gasteiger partial charge in [-0.3, -0.25) is 4.79 Å². The van der Waals surface area contributed by atoms with Gasteiger partial charge in [0.05, 0.1) is 25.5 Å². The van der Waals surface area contributed by atoms with E-state index in [-0.39, 0.29) is 22.7 Å². The minimum absolute atomic E-state index is 0.0710. The Hall–Kier alpha value is -2.93. The van der Waals surface area contributed by atoms with Crippen molar-refractivity contribution in [2.24, 2.45) is 0 Å². The molecule has 0 aromatic heterocycles. The zero-order valence-electron chi connectivity index (χ0n) is 14.4. The molecule has 0 spiro atoms. The summed E-state index contributed by atoms with van der Waals surface area (Å²) in [6.07, 6.45) is -0.886. The third kappa shape index (κ3) is 4.58. The van der Waals surface area contributed by atoms with Gasteiger partial charge in [-0.1, -0.05) is 17.7 Å². The number of hydrogen-bond donors (Lipinski definition) is 2. The van der Waals surface area contributed by atoms with E-state index in [1.807, 2.05) is 0 Å². The highest BCUT2D eigenvalue weighted by molar-refractivity contribution is 6.30. The maximum absolute atomic E-state index is 12.4. The lowest BCUT2D eigenvalue weighted by molar-refractivity contribution is -0.122. The first kappa shape index (κ1) is 19.4. The van der Waals surface area contributed by atoms with Crippen LogP contribution in [0.15, 0.2) is 36.4 Å². The molecule has 0 aliphatic carbocycles. The number of ether oxygens (including phenoxy) is 3. The molecular formula is C18H18ClNO6. The molecule has 1 atom stereocenters. The Morgan fingerprint density at radius 3 is 2.35 bits per heavy atom. The molecule has 0 saturated heterocycles. The van der Waals surface area contributed by atoms with Gasteiger partial charge < -0.3 is 24.6 Å². The summed E-state index contributed by atoms with van der Waals surface area (Å²) in [5.74, 6) is -0.794. The molecule has 0 fully saturated rings. The largest absolute Gasteiger partial charge is 0.493 e. The van der Waals surface area contributed by atoms with Crippen molar-refractivity contribution in [2.75, 3.05) is 19.5 Å². The minimum Gasteiger partial charge on any atom is -0.493 e. The monoisotopic (exact) mass is 379 g/mol. The first-order chi connectivity index (χ1) is 12.3. The SMILES string of the molecule is COc1cc(NC(=O)[C@H](C)Oc2cccc(Cl)c2)c(C(=O)O)cc1OC. The molecule has 0 bridgehead atoms. The number of methoxy groups -OCH3 is 2. The predicted molar refractivity (Wildman–Crippen MR) is 96.7 cm³/mol. The van der Waals surface area contributed by atoms with Crippen molar-refractivity contribution in [3.8, 4) is 17.2 Å². The number of aromatic carboxylic acids is 1. The average Bonchev–Trinajstić information content (AvgIpc) is 2.60. The molecule has 0 aliphatic rings. The molecule has 2 aromatic carbocycles. The maximum atomic E-state index is 12.4. The summed E-state index contributed by atoms with van der Waals surface area (Å²) in [6.45, 7) is 1.54. The molecule has 26 heavy (non-hydrogen) atoms. The van der Waals surface area contributed by atoms with Crippen LogP contribution in [0, 0.1) is 0 Å². The van der Waals surface area contributed by atoms with Gasteiger partial charge in [0.15, 0.2) is 17.6 Å². The molecule has 0 heterocycles. The van der Waals surface area contributed by atoms with Gasteiger partial charge in [-0.05, 0) is 25.1 Å². The number of carbonyl (C=O) groups excluding carboxylic acids is 1. The number of carbonyl (C=O) groups is 2. The van der Waals surface area contributed by atoms with Crippen LogP contribution in [0.25, 0.3) is 0 Å². The number of amides is 1. The normalized spacial score (nSPS) is 11.4. The van der Waals surface area contributed by atoms with E-state index in [0.29, 0.717) is 10.8 Å². The third-order valence-electron chi connectivity index (χ3n) is 3.49. The van der Waals surface area contributed by atoms with Gasteiger partial charge in [0.2, 0.25) is 0 Å². The molecule has 0 aliphatic heterocycles. The van der Waals surface area contributed by atoms with Crippen LogP contribution in [0.1, 0.15) is 17.3 Å². The van der Waals surface area contributed by atoms with Gasteiger partial charge in [0.1, 0.15) is 5.75 Å². The van der Waals surface area contributed by atoms with E-state index in [0.717, 1.165) is 0 Å². The van der Waals surface area contributed by atoms with E-state index in [1.54, 1.807) is 24.3 Å². The minimum atomic E-state index is -1.22. The lowest BCUT2D eigenvalue weighted by Crippen LogP contribution is -2.30. The molecule has 0 radical (unpaired) electrons. The number of rotatable bonds is 7. The topological polar surface area (TPSA) is 94.1 Å². The Labute approximate surface area is 155 Å². The van der Waals surface area contributed by atoms with Crippen molar-refractivity contribution in [2.45, 2.75) is 13.0 Å². The summed E-state index contributed by atoms with van der Waals surface area (Å²) >= 11 is 5.88. The van der Waals surface area contributed by atoms with Gasteiger partial charge in [-0.25, -0.2) is 4.79 Å². The lowest BCUT2D eigenvalue weighted by atomic mass is 10.1. The third-order valence-corrected chi connectivity index (χ3v) is 3.73. The quantitative estimate of drug-likeness (QED) is 0.765. The van der Waals surface area contributed by atoms with Gasteiger partial charge >= 0.3 is 5.97 Å². The van der Waals surface area contributed by atoms with Crippen LogP contribution in [0.2, 0.25) is 5.02 Å². The van der Waals surface area contributed by atoms with E-state index in [9.17, 15) is 14.7 Å². The summed E-state index contributed by atoms with van der Waals surface area (Å²) in [4.78, 5) is 23.9. The second kappa shape index (κ2) is 8.44. The molecular weight excluding hydrogens is 362 g/mol. The maximum Gasteiger partial charge on any atom is 0.337 e. The number of carboxylic acids is 1. The first-order valence-corrected chi connectivity index (χ1v) is 7.96. The number of anilines is 1. The Morgan fingerprint density at radius 1 is 1.12 bits per heavy atom. The second-order valence-corrected chi connectivity index (χ2v) is 5.70. The van der Waals surface area contributed by atoms with Crippen molar-refractivity contribution in [1.82, 2.24) is 0 Å². The summed E-state index contributed by atoms with van der Waals surface area (Å²) in [5, 5.41) is 12.4. The van der Waals surface area contributed by atoms with Crippen LogP contribution < -0.4 is 19.5 Å². The van der Waals surface area contributed by atoms with E-state index in [2.05, 4.69) is 5.32 Å². The molecule has 0 unspecified atom stereocenters. The zero-order chi connectivity index (χ0) is 19.3. The van der Waals surface area contributed by atoms with E-state index < -0.39 is 18.0 Å². The number of halogens is 1. The molecule has 2 aromatic rings. The van der Waals surface area contributed by atoms with Crippen LogP contribution in [0.5, 0.6) is 17.2 Å². The summed E-state index contributed by atoms with van der Waals surface area (Å²) in [7, 11) is 2.80. The highest BCUT2D eigenvalue weighted by atomic mass is 35.5. The molecule has 2 N–H and O–H groups in total. The highest BCUT2D eigenvalue weighted by Gasteiger charge is 2.21. The van der Waals surface area contributed by atoms with Crippen molar-refractivity contribution < 1.29 is 28.9 Å². The zero-order valence-corrected chi connectivity index (χ0v) is 15.2. The molecule has 1 amide bonds. The van der Waals surface area contributed by atoms with Crippen LogP contribution in [-0.4, -0.2) is 37.3 Å². The molecule has 0 saturated carbocycles. The Bertz CT molecular complexity index is 823. The summed E-state index contributed by atoms with van der Waals surface area (Å²) < 4.78 is 15.8. The van der Waals surface area contributed by atoms with Gasteiger partial charge in [-0.15, -0.1) is 0 Å². The van der Waals surface area contributed by atoms with Crippen molar-refractivity contribution in [3.05, 3.63) is 47.0 Å². The fourth-order valence-corrected chi connectivity index (χ4v) is 2.37. The molecule has 7 nitrogen and oxygen atoms in total. The number of nitrogens with one attached hydrogen (secondary N) is 1. The van der Waals surface area contributed by atoms with Crippen molar-refractivity contribution >= 4 is 29.2 Å². The first-order valence-electron chi connectivity index (χ1n) is 7.58. The van der Waals surface area contributed by atoms with Crippen molar-refractivity contribution in [3.63, 3.8) is 0 Å². The number of carboxylic acid groups (broad SMARTS) is 1. The standard InChI is InChI=1S/C18H18ClNO6/c1-10(26-12-6-4-5-11(19)7-12)17(21)20-14-9-16(25-3)15(24-2)8-13(14)18(22)23/h4-10H,1-3H3,(H,20,21)(H,22,23)/t10-/m0/s1. The smallest absolute Gasteiger partial charge is 0.337 e. The number of hydrogen-bond acceptors (Lipinski definition) is 5. The average molecular weight is 380 g/mol. The van der Waals surface area contributed by atoms with E-state index >= 15 is 0 Å². The van der Waals surface area contributed by atoms with E-state index in [4.69, 9.17) is 25.8 Å². The van der Waals surface area contributed by atoms with Gasteiger partial charge in [0.25, 0.3) is 5.91 Å². The van der Waals surface area contributed by atoms with Crippen LogP contribution in [-0.2, 0) is 4.79 Å². The Balaban J connectivity index is 2.22. The van der Waals surface area contributed by atoms with Gasteiger partial charge in [-0.2, -0.15) is 0 Å². The molecule has 2 rings (SSSR count). The van der Waals surface area contributed by atoms with Crippen LogP contribution >= 0.6 is 11.6 Å². The van der Waals surface area contributed by atoms with Crippen LogP contribution in [0.4, 0.5) is 5.69 Å². The van der Waals surface area contributed by atoms with Crippen LogP contribution in [0.3, 0.4) is 0 Å². The Kier molecular flexibility index (Phi) is 6.30. The molecule has 138 valence electrons. The summed E-state index contributed by atoms with van der Waals surface area (Å²) in [6, 6.07) is 9.27. The fraction of sp³-hybridized carbons (Fsp3) is 0.222. The fourth-order valence-electron chi connectivity index (χ4n) is 2.19. The molecule has 8 heteroatoms. The lowest BCUT2D eigenvalue weighted by Gasteiger charge is -2.17. The Morgan fingerprint density at radius 2 is 1.77 bits per heavy atom. The second-order valence-electron chi connectivity index (χ2n) is 5.26. The highest BCUT2D eigenvalue weighted by Crippen LogP contribution is 2.33. The van der Waals surface area contributed by atoms with Gasteiger partial charge in [0, 0.05) is 17.2 Å². The predicted octanol–water partition coefficient (Wildman–Crippen LogP) is 3.46.